The van der Waals surface area contributed by atoms with E-state index in [-0.39, 0.29) is 5.97 Å². The molecule has 0 bridgehead atoms. The van der Waals surface area contributed by atoms with Gasteiger partial charge in [-0.2, -0.15) is 0 Å². The van der Waals surface area contributed by atoms with E-state index in [0.29, 0.717) is 6.42 Å². The zero-order valence-corrected chi connectivity index (χ0v) is 9.10. The van der Waals surface area contributed by atoms with Gasteiger partial charge >= 0.3 is 5.97 Å². The first-order valence-corrected chi connectivity index (χ1v) is 4.50. The Labute approximate surface area is 80.3 Å². The summed E-state index contributed by atoms with van der Waals surface area (Å²) in [4.78, 5) is 11.0. The standard InChI is InChI=1S/C11H18O2/c1-6-10(12)13-11(4,5)8-7-9(2)3/h8H,6H2,1-5H3. The lowest BCUT2D eigenvalue weighted by Gasteiger charge is -2.19. The number of rotatable bonds is 3. The molecule has 2 heteroatoms. The summed E-state index contributed by atoms with van der Waals surface area (Å²) >= 11 is 0. The summed E-state index contributed by atoms with van der Waals surface area (Å²) in [5, 5.41) is 0. The van der Waals surface area contributed by atoms with Crippen molar-refractivity contribution < 1.29 is 9.53 Å². The monoisotopic (exact) mass is 182 g/mol. The van der Waals surface area contributed by atoms with Gasteiger partial charge in [0, 0.05) is 12.5 Å². The number of hydrogen-bond donors (Lipinski definition) is 0. The Morgan fingerprint density at radius 2 is 2.00 bits per heavy atom. The van der Waals surface area contributed by atoms with Gasteiger partial charge in [0.1, 0.15) is 5.60 Å². The second-order valence-electron chi connectivity index (χ2n) is 3.72. The fourth-order valence-electron chi connectivity index (χ4n) is 0.713. The Bertz CT molecular complexity index is 239. The van der Waals surface area contributed by atoms with Gasteiger partial charge in [0.25, 0.3) is 0 Å². The molecule has 13 heavy (non-hydrogen) atoms. The third-order valence-electron chi connectivity index (χ3n) is 1.37. The Morgan fingerprint density at radius 3 is 2.38 bits per heavy atom. The van der Waals surface area contributed by atoms with Gasteiger partial charge in [-0.05, 0) is 33.3 Å². The third kappa shape index (κ3) is 6.18. The van der Waals surface area contributed by atoms with Crippen molar-refractivity contribution in [3.05, 3.63) is 17.4 Å². The Kier molecular flexibility index (Phi) is 4.50. The van der Waals surface area contributed by atoms with E-state index in [1.807, 2.05) is 27.7 Å². The lowest BCUT2D eigenvalue weighted by Crippen LogP contribution is -2.24. The minimum absolute atomic E-state index is 0.184. The highest BCUT2D eigenvalue weighted by Crippen LogP contribution is 2.11. The van der Waals surface area contributed by atoms with Gasteiger partial charge in [0.2, 0.25) is 0 Å². The quantitative estimate of drug-likeness (QED) is 0.495. The van der Waals surface area contributed by atoms with Crippen LogP contribution in [-0.4, -0.2) is 11.6 Å². The van der Waals surface area contributed by atoms with E-state index in [2.05, 4.69) is 5.73 Å². The normalized spacial score (nSPS) is 10.2. The fraction of sp³-hybridized carbons (Fsp3) is 0.636. The average molecular weight is 182 g/mol. The van der Waals surface area contributed by atoms with Gasteiger partial charge in [0.15, 0.2) is 0 Å². The Balaban J connectivity index is 4.41. The van der Waals surface area contributed by atoms with E-state index in [0.717, 1.165) is 5.57 Å². The molecule has 0 amide bonds. The van der Waals surface area contributed by atoms with Crippen LogP contribution < -0.4 is 0 Å². The van der Waals surface area contributed by atoms with E-state index in [1.165, 1.54) is 0 Å². The second kappa shape index (κ2) is 4.88. The van der Waals surface area contributed by atoms with Gasteiger partial charge in [-0.3, -0.25) is 4.79 Å². The van der Waals surface area contributed by atoms with E-state index >= 15 is 0 Å². The molecule has 0 radical (unpaired) electrons. The molecular weight excluding hydrogens is 164 g/mol. The minimum atomic E-state index is -0.551. The molecule has 74 valence electrons. The number of ether oxygens (including phenoxy) is 1. The highest BCUT2D eigenvalue weighted by atomic mass is 16.6. The lowest BCUT2D eigenvalue weighted by molar-refractivity contribution is -0.152. The lowest BCUT2D eigenvalue weighted by atomic mass is 10.1. The molecule has 0 atom stereocenters. The molecule has 0 heterocycles. The zero-order valence-electron chi connectivity index (χ0n) is 9.10. The number of hydrogen-bond acceptors (Lipinski definition) is 2. The summed E-state index contributed by atoms with van der Waals surface area (Å²) in [5.74, 6) is -0.184. The maximum absolute atomic E-state index is 11.0. The van der Waals surface area contributed by atoms with Gasteiger partial charge in [0.05, 0.1) is 0 Å². The van der Waals surface area contributed by atoms with Crippen molar-refractivity contribution in [3.8, 4) is 0 Å². The van der Waals surface area contributed by atoms with Gasteiger partial charge in [-0.15, -0.1) is 5.73 Å². The number of carbonyl (C=O) groups is 1. The average Bonchev–Trinajstić information content (AvgIpc) is 2.00. The first kappa shape index (κ1) is 12.0. The van der Waals surface area contributed by atoms with E-state index in [4.69, 9.17) is 4.74 Å². The highest BCUT2D eigenvalue weighted by molar-refractivity contribution is 5.69. The summed E-state index contributed by atoms with van der Waals surface area (Å²) in [6.45, 7) is 9.37. The molecule has 0 unspecified atom stereocenters. The molecule has 0 aromatic rings. The van der Waals surface area contributed by atoms with Gasteiger partial charge in [-0.25, -0.2) is 0 Å². The van der Waals surface area contributed by atoms with Crippen LogP contribution in [0.25, 0.3) is 0 Å². The predicted molar refractivity (Wildman–Crippen MR) is 53.4 cm³/mol. The van der Waals surface area contributed by atoms with Crippen molar-refractivity contribution >= 4 is 5.97 Å². The molecule has 0 aliphatic heterocycles. The summed E-state index contributed by atoms with van der Waals surface area (Å²) in [5.41, 5.74) is 3.55. The molecule has 2 nitrogen and oxygen atoms in total. The minimum Gasteiger partial charge on any atom is -0.455 e. The molecule has 0 saturated carbocycles. The molecular formula is C11H18O2. The smallest absolute Gasteiger partial charge is 0.306 e. The molecule has 0 aromatic carbocycles. The van der Waals surface area contributed by atoms with Crippen LogP contribution in [0.5, 0.6) is 0 Å². The SMILES string of the molecule is CCC(=O)OC(C)(C)C=C=C(C)C. The summed E-state index contributed by atoms with van der Waals surface area (Å²) in [6.07, 6.45) is 2.18. The summed E-state index contributed by atoms with van der Waals surface area (Å²) in [6, 6.07) is 0. The van der Waals surface area contributed by atoms with Crippen LogP contribution >= 0.6 is 0 Å². The fourth-order valence-corrected chi connectivity index (χ4v) is 0.713. The van der Waals surface area contributed by atoms with E-state index < -0.39 is 5.60 Å². The van der Waals surface area contributed by atoms with E-state index in [1.54, 1.807) is 13.0 Å². The summed E-state index contributed by atoms with van der Waals surface area (Å²) in [7, 11) is 0. The first-order chi connectivity index (χ1) is 5.87. The second-order valence-corrected chi connectivity index (χ2v) is 3.72. The van der Waals surface area contributed by atoms with E-state index in [9.17, 15) is 4.79 Å². The molecule has 0 saturated heterocycles. The first-order valence-electron chi connectivity index (χ1n) is 4.50. The molecule has 0 aliphatic rings. The Hall–Kier alpha value is -1.01. The van der Waals surface area contributed by atoms with Crippen molar-refractivity contribution in [1.82, 2.24) is 0 Å². The predicted octanol–water partition coefficient (Wildman–Crippen LogP) is 2.84. The van der Waals surface area contributed by atoms with Gasteiger partial charge in [-0.1, -0.05) is 6.92 Å². The van der Waals surface area contributed by atoms with Crippen molar-refractivity contribution in [2.45, 2.75) is 46.6 Å². The maximum atomic E-state index is 11.0. The van der Waals surface area contributed by atoms with Crippen LogP contribution in [0.2, 0.25) is 0 Å². The van der Waals surface area contributed by atoms with Crippen molar-refractivity contribution in [3.63, 3.8) is 0 Å². The van der Waals surface area contributed by atoms with Gasteiger partial charge < -0.3 is 4.74 Å². The zero-order chi connectivity index (χ0) is 10.5. The molecule has 0 fully saturated rings. The largest absolute Gasteiger partial charge is 0.455 e. The van der Waals surface area contributed by atoms with Crippen LogP contribution in [0.4, 0.5) is 0 Å². The Morgan fingerprint density at radius 1 is 1.46 bits per heavy atom. The highest BCUT2D eigenvalue weighted by Gasteiger charge is 2.17. The van der Waals surface area contributed by atoms with Crippen LogP contribution in [0.1, 0.15) is 41.0 Å². The maximum Gasteiger partial charge on any atom is 0.306 e. The van der Waals surface area contributed by atoms with Crippen molar-refractivity contribution in [2.24, 2.45) is 0 Å². The number of carbonyl (C=O) groups excluding carboxylic acids is 1. The van der Waals surface area contributed by atoms with Crippen LogP contribution in [0, 0.1) is 0 Å². The topological polar surface area (TPSA) is 26.3 Å². The molecule has 0 aliphatic carbocycles. The molecule has 0 N–H and O–H groups in total. The van der Waals surface area contributed by atoms with Crippen LogP contribution in [0.15, 0.2) is 17.4 Å². The van der Waals surface area contributed by atoms with Crippen LogP contribution in [-0.2, 0) is 9.53 Å². The van der Waals surface area contributed by atoms with Crippen molar-refractivity contribution in [2.75, 3.05) is 0 Å². The van der Waals surface area contributed by atoms with Crippen LogP contribution in [0.3, 0.4) is 0 Å². The molecule has 0 spiro atoms. The van der Waals surface area contributed by atoms with Crippen molar-refractivity contribution in [1.29, 1.82) is 0 Å². The molecule has 0 rings (SSSR count). The molecule has 0 aromatic heterocycles. The summed E-state index contributed by atoms with van der Waals surface area (Å²) < 4.78 is 5.17. The number of esters is 1. The third-order valence-corrected chi connectivity index (χ3v) is 1.37.